The van der Waals surface area contributed by atoms with Crippen molar-refractivity contribution in [2.45, 2.75) is 0 Å². The molecule has 4 nitrogen and oxygen atoms in total. The number of hydrogen-bond acceptors (Lipinski definition) is 4. The Bertz CT molecular complexity index is 896. The van der Waals surface area contributed by atoms with Crippen LogP contribution >= 0.6 is 22.9 Å². The number of hydrogen-bond donors (Lipinski definition) is 1. The minimum atomic E-state index is -0.361. The van der Waals surface area contributed by atoms with Crippen molar-refractivity contribution in [1.82, 2.24) is 10.2 Å². The van der Waals surface area contributed by atoms with E-state index in [1.54, 1.807) is 30.3 Å². The molecule has 0 aliphatic heterocycles. The molecule has 3 aromatic rings. The molecule has 0 unspecified atom stereocenters. The van der Waals surface area contributed by atoms with E-state index in [0.29, 0.717) is 16.3 Å². The fourth-order valence-electron chi connectivity index (χ4n) is 1.92. The Kier molecular flexibility index (Phi) is 4.98. The number of carbonyl (C=O) groups is 1. The molecule has 0 aliphatic rings. The first-order valence-electron chi connectivity index (χ1n) is 6.95. The largest absolute Gasteiger partial charge is 0.320 e. The number of para-hydroxylation sites is 1. The molecule has 0 spiro atoms. The Labute approximate surface area is 146 Å². The molecule has 120 valence electrons. The summed E-state index contributed by atoms with van der Waals surface area (Å²) in [4.78, 5) is 12.1. The lowest BCUT2D eigenvalue weighted by Gasteiger charge is -2.00. The van der Waals surface area contributed by atoms with E-state index in [-0.39, 0.29) is 21.8 Å². The standard InChI is InChI=1S/C17H11ClFN3OS/c18-14(10-11-5-4-6-12(19)9-11)16-21-22-17(24-16)15(23)20-13-7-2-1-3-8-13/h1-10H,(H,20,23)/b14-10-. The second-order valence-electron chi connectivity index (χ2n) is 4.78. The number of rotatable bonds is 4. The minimum absolute atomic E-state index is 0.194. The maximum atomic E-state index is 13.2. The van der Waals surface area contributed by atoms with Gasteiger partial charge in [-0.05, 0) is 35.9 Å². The predicted octanol–water partition coefficient (Wildman–Crippen LogP) is 4.67. The van der Waals surface area contributed by atoms with Gasteiger partial charge in [-0.25, -0.2) is 4.39 Å². The van der Waals surface area contributed by atoms with E-state index < -0.39 is 0 Å². The van der Waals surface area contributed by atoms with Gasteiger partial charge in [0.25, 0.3) is 5.91 Å². The molecule has 0 atom stereocenters. The third kappa shape index (κ3) is 4.04. The fourth-order valence-corrected chi connectivity index (χ4v) is 2.85. The minimum Gasteiger partial charge on any atom is -0.320 e. The van der Waals surface area contributed by atoms with Crippen LogP contribution in [0, 0.1) is 5.82 Å². The number of carbonyl (C=O) groups excluding carboxylic acids is 1. The highest BCUT2D eigenvalue weighted by Gasteiger charge is 2.14. The van der Waals surface area contributed by atoms with Crippen molar-refractivity contribution >= 4 is 45.6 Å². The van der Waals surface area contributed by atoms with E-state index in [9.17, 15) is 9.18 Å². The normalized spacial score (nSPS) is 11.3. The van der Waals surface area contributed by atoms with Crippen molar-refractivity contribution < 1.29 is 9.18 Å². The molecule has 7 heteroatoms. The summed E-state index contributed by atoms with van der Waals surface area (Å²) in [6.45, 7) is 0. The zero-order valence-electron chi connectivity index (χ0n) is 12.2. The van der Waals surface area contributed by atoms with Gasteiger partial charge in [-0.15, -0.1) is 10.2 Å². The molecular weight excluding hydrogens is 349 g/mol. The Morgan fingerprint density at radius 2 is 1.83 bits per heavy atom. The van der Waals surface area contributed by atoms with Crippen molar-refractivity contribution in [1.29, 1.82) is 0 Å². The van der Waals surface area contributed by atoms with Gasteiger partial charge in [0.15, 0.2) is 5.01 Å². The Morgan fingerprint density at radius 3 is 2.58 bits per heavy atom. The van der Waals surface area contributed by atoms with E-state index in [0.717, 1.165) is 11.3 Å². The second kappa shape index (κ2) is 7.33. The molecule has 0 saturated heterocycles. The average Bonchev–Trinajstić information content (AvgIpc) is 3.06. The highest BCUT2D eigenvalue weighted by atomic mass is 35.5. The van der Waals surface area contributed by atoms with Crippen LogP contribution in [0.15, 0.2) is 54.6 Å². The SMILES string of the molecule is O=C(Nc1ccccc1)c1nnc(/C(Cl)=C/c2cccc(F)c2)s1. The highest BCUT2D eigenvalue weighted by Crippen LogP contribution is 2.25. The summed E-state index contributed by atoms with van der Waals surface area (Å²) >= 11 is 7.25. The van der Waals surface area contributed by atoms with Crippen LogP contribution in [0.1, 0.15) is 20.4 Å². The number of nitrogens with zero attached hydrogens (tertiary/aromatic N) is 2. The molecule has 1 aromatic heterocycles. The number of anilines is 1. The summed E-state index contributed by atoms with van der Waals surface area (Å²) in [6.07, 6.45) is 1.57. The first-order chi connectivity index (χ1) is 11.6. The van der Waals surface area contributed by atoms with Crippen LogP contribution in [0.2, 0.25) is 0 Å². The molecule has 3 rings (SSSR count). The van der Waals surface area contributed by atoms with Gasteiger partial charge >= 0.3 is 0 Å². The number of amides is 1. The first-order valence-corrected chi connectivity index (χ1v) is 8.14. The van der Waals surface area contributed by atoms with Gasteiger partial charge in [-0.2, -0.15) is 0 Å². The molecule has 1 heterocycles. The molecule has 0 radical (unpaired) electrons. The smallest absolute Gasteiger partial charge is 0.286 e. The predicted molar refractivity (Wildman–Crippen MR) is 94.4 cm³/mol. The third-order valence-corrected chi connectivity index (χ3v) is 4.35. The summed E-state index contributed by atoms with van der Waals surface area (Å²) in [5, 5.41) is 11.4. The van der Waals surface area contributed by atoms with Crippen LogP contribution in [-0.2, 0) is 0 Å². The molecule has 0 fully saturated rings. The molecule has 1 N–H and O–H groups in total. The van der Waals surface area contributed by atoms with Gasteiger partial charge < -0.3 is 5.32 Å². The monoisotopic (exact) mass is 359 g/mol. The molecule has 1 amide bonds. The van der Waals surface area contributed by atoms with Crippen molar-refractivity contribution in [2.75, 3.05) is 5.32 Å². The fraction of sp³-hybridized carbons (Fsp3) is 0. The Balaban J connectivity index is 1.76. The van der Waals surface area contributed by atoms with E-state index in [4.69, 9.17) is 11.6 Å². The van der Waals surface area contributed by atoms with Crippen molar-refractivity contribution in [3.63, 3.8) is 0 Å². The van der Waals surface area contributed by atoms with Crippen molar-refractivity contribution in [3.8, 4) is 0 Å². The van der Waals surface area contributed by atoms with Crippen molar-refractivity contribution in [2.24, 2.45) is 0 Å². The number of benzene rings is 2. The molecular formula is C17H11ClFN3OS. The van der Waals surface area contributed by atoms with Crippen LogP contribution in [0.3, 0.4) is 0 Å². The molecule has 0 saturated carbocycles. The van der Waals surface area contributed by atoms with Gasteiger partial charge in [-0.3, -0.25) is 4.79 Å². The summed E-state index contributed by atoms with van der Waals surface area (Å²) < 4.78 is 13.2. The molecule has 0 bridgehead atoms. The summed E-state index contributed by atoms with van der Waals surface area (Å²) in [5.74, 6) is -0.714. The summed E-state index contributed by atoms with van der Waals surface area (Å²) in [7, 11) is 0. The van der Waals surface area contributed by atoms with Crippen LogP contribution in [0.4, 0.5) is 10.1 Å². The first kappa shape index (κ1) is 16.3. The lowest BCUT2D eigenvalue weighted by atomic mass is 10.2. The van der Waals surface area contributed by atoms with Crippen LogP contribution in [0.25, 0.3) is 11.1 Å². The van der Waals surface area contributed by atoms with Gasteiger partial charge in [0.1, 0.15) is 5.82 Å². The van der Waals surface area contributed by atoms with E-state index in [1.165, 1.54) is 12.1 Å². The maximum absolute atomic E-state index is 13.2. The molecule has 2 aromatic carbocycles. The van der Waals surface area contributed by atoms with Gasteiger partial charge in [0.2, 0.25) is 5.01 Å². The topological polar surface area (TPSA) is 54.9 Å². The second-order valence-corrected chi connectivity index (χ2v) is 6.16. The number of halogens is 2. The lowest BCUT2D eigenvalue weighted by molar-refractivity contribution is 0.102. The van der Waals surface area contributed by atoms with Crippen LogP contribution < -0.4 is 5.32 Å². The van der Waals surface area contributed by atoms with Crippen LogP contribution in [-0.4, -0.2) is 16.1 Å². The highest BCUT2D eigenvalue weighted by molar-refractivity contribution is 7.15. The molecule has 24 heavy (non-hydrogen) atoms. The Hall–Kier alpha value is -2.57. The van der Waals surface area contributed by atoms with Crippen LogP contribution in [0.5, 0.6) is 0 Å². The van der Waals surface area contributed by atoms with Crippen molar-refractivity contribution in [3.05, 3.63) is 76.0 Å². The van der Waals surface area contributed by atoms with E-state index in [2.05, 4.69) is 15.5 Å². The average molecular weight is 360 g/mol. The van der Waals surface area contributed by atoms with Gasteiger partial charge in [0.05, 0.1) is 5.03 Å². The zero-order valence-corrected chi connectivity index (χ0v) is 13.8. The van der Waals surface area contributed by atoms with Gasteiger partial charge in [0, 0.05) is 5.69 Å². The van der Waals surface area contributed by atoms with Gasteiger partial charge in [-0.1, -0.05) is 53.3 Å². The summed E-state index contributed by atoms with van der Waals surface area (Å²) in [5.41, 5.74) is 1.27. The zero-order chi connectivity index (χ0) is 16.9. The lowest BCUT2D eigenvalue weighted by Crippen LogP contribution is -2.11. The number of nitrogens with one attached hydrogen (secondary N) is 1. The maximum Gasteiger partial charge on any atom is 0.286 e. The number of aromatic nitrogens is 2. The summed E-state index contributed by atoms with van der Waals surface area (Å²) in [6, 6.07) is 15.1. The van der Waals surface area contributed by atoms with E-state index >= 15 is 0 Å². The quantitative estimate of drug-likeness (QED) is 0.736. The Morgan fingerprint density at radius 1 is 1.08 bits per heavy atom. The van der Waals surface area contributed by atoms with E-state index in [1.807, 2.05) is 18.2 Å². The molecule has 0 aliphatic carbocycles. The third-order valence-electron chi connectivity index (χ3n) is 3.00.